The lowest BCUT2D eigenvalue weighted by molar-refractivity contribution is 0.133. The van der Waals surface area contributed by atoms with E-state index in [2.05, 4.69) is 6.58 Å². The van der Waals surface area contributed by atoms with Crippen molar-refractivity contribution < 1.29 is 19.4 Å². The number of aromatic hydroxyl groups is 1. The Morgan fingerprint density at radius 2 is 2.21 bits per heavy atom. The van der Waals surface area contributed by atoms with E-state index in [0.29, 0.717) is 16.5 Å². The Labute approximate surface area is 109 Å². The van der Waals surface area contributed by atoms with Gasteiger partial charge in [0.15, 0.2) is 11.5 Å². The van der Waals surface area contributed by atoms with Gasteiger partial charge < -0.3 is 19.4 Å². The predicted molar refractivity (Wildman–Crippen MR) is 70.5 cm³/mol. The molecule has 100 valence electrons. The topological polar surface area (TPSA) is 79.9 Å². The summed E-state index contributed by atoms with van der Waals surface area (Å²) < 4.78 is 10.3. The molecule has 0 aliphatic rings. The van der Waals surface area contributed by atoms with Crippen LogP contribution in [0.5, 0.6) is 11.5 Å². The SMILES string of the molecule is C=C(C)C(O)COc1cc2oc(=O)ccc2cc1O. The summed E-state index contributed by atoms with van der Waals surface area (Å²) in [5, 5.41) is 19.9. The minimum atomic E-state index is -0.821. The first-order chi connectivity index (χ1) is 8.97. The fourth-order valence-corrected chi connectivity index (χ4v) is 1.51. The van der Waals surface area contributed by atoms with E-state index in [1.54, 1.807) is 13.0 Å². The number of phenols is 1. The number of fused-ring (bicyclic) bond motifs is 1. The van der Waals surface area contributed by atoms with Crippen molar-refractivity contribution in [1.29, 1.82) is 0 Å². The smallest absolute Gasteiger partial charge is 0.336 e. The minimum Gasteiger partial charge on any atom is -0.504 e. The van der Waals surface area contributed by atoms with Crippen LogP contribution < -0.4 is 10.4 Å². The summed E-state index contributed by atoms with van der Waals surface area (Å²) in [6.07, 6.45) is -0.821. The van der Waals surface area contributed by atoms with Crippen LogP contribution in [0.25, 0.3) is 11.0 Å². The molecule has 0 radical (unpaired) electrons. The molecule has 1 unspecified atom stereocenters. The monoisotopic (exact) mass is 262 g/mol. The molecule has 1 atom stereocenters. The molecule has 0 bridgehead atoms. The molecular formula is C14H14O5. The molecule has 0 fully saturated rings. The van der Waals surface area contributed by atoms with Gasteiger partial charge in [0.05, 0.1) is 0 Å². The molecular weight excluding hydrogens is 248 g/mol. The van der Waals surface area contributed by atoms with Crippen molar-refractivity contribution in [3.63, 3.8) is 0 Å². The Balaban J connectivity index is 2.30. The second kappa shape index (κ2) is 5.16. The highest BCUT2D eigenvalue weighted by Crippen LogP contribution is 2.30. The van der Waals surface area contributed by atoms with E-state index < -0.39 is 11.7 Å². The molecule has 0 saturated heterocycles. The van der Waals surface area contributed by atoms with Crippen LogP contribution in [0.3, 0.4) is 0 Å². The van der Waals surface area contributed by atoms with Gasteiger partial charge in [0.2, 0.25) is 0 Å². The normalized spacial score (nSPS) is 12.3. The van der Waals surface area contributed by atoms with E-state index in [4.69, 9.17) is 9.15 Å². The van der Waals surface area contributed by atoms with Crippen molar-refractivity contribution in [1.82, 2.24) is 0 Å². The van der Waals surface area contributed by atoms with E-state index >= 15 is 0 Å². The molecule has 2 N–H and O–H groups in total. The Morgan fingerprint density at radius 3 is 2.89 bits per heavy atom. The Kier molecular flexibility index (Phi) is 3.57. The summed E-state index contributed by atoms with van der Waals surface area (Å²) in [6.45, 7) is 5.24. The molecule has 0 aliphatic heterocycles. The van der Waals surface area contributed by atoms with E-state index in [1.165, 1.54) is 18.2 Å². The van der Waals surface area contributed by atoms with Crippen LogP contribution in [-0.4, -0.2) is 22.9 Å². The number of rotatable bonds is 4. The third kappa shape index (κ3) is 2.95. The standard InChI is InChI=1S/C14H14O5/c1-8(2)11(16)7-18-13-6-12-9(5-10(13)15)3-4-14(17)19-12/h3-6,11,15-16H,1,7H2,2H3. The van der Waals surface area contributed by atoms with Crippen LogP contribution in [0.15, 0.2) is 45.6 Å². The second-order valence-corrected chi connectivity index (χ2v) is 4.29. The van der Waals surface area contributed by atoms with Gasteiger partial charge in [-0.2, -0.15) is 0 Å². The Morgan fingerprint density at radius 1 is 1.47 bits per heavy atom. The van der Waals surface area contributed by atoms with Crippen LogP contribution in [0.4, 0.5) is 0 Å². The van der Waals surface area contributed by atoms with Gasteiger partial charge >= 0.3 is 5.63 Å². The molecule has 0 aliphatic carbocycles. The highest BCUT2D eigenvalue weighted by molar-refractivity contribution is 5.80. The first-order valence-electron chi connectivity index (χ1n) is 5.70. The number of aliphatic hydroxyl groups excluding tert-OH is 1. The molecule has 0 spiro atoms. The summed E-state index contributed by atoms with van der Waals surface area (Å²) in [5.74, 6) is 0.0532. The van der Waals surface area contributed by atoms with Gasteiger partial charge in [-0.3, -0.25) is 0 Å². The zero-order chi connectivity index (χ0) is 14.0. The van der Waals surface area contributed by atoms with Crippen LogP contribution in [-0.2, 0) is 0 Å². The average molecular weight is 262 g/mol. The average Bonchev–Trinajstić information content (AvgIpc) is 2.36. The maximum Gasteiger partial charge on any atom is 0.336 e. The molecule has 5 heteroatoms. The quantitative estimate of drug-likeness (QED) is 0.649. The van der Waals surface area contributed by atoms with Crippen molar-refractivity contribution in [3.8, 4) is 11.5 Å². The third-order valence-corrected chi connectivity index (χ3v) is 2.67. The molecule has 5 nitrogen and oxygen atoms in total. The van der Waals surface area contributed by atoms with Crippen molar-refractivity contribution in [3.05, 3.63) is 46.8 Å². The Hall–Kier alpha value is -2.27. The van der Waals surface area contributed by atoms with Crippen molar-refractivity contribution in [2.24, 2.45) is 0 Å². The van der Waals surface area contributed by atoms with Gasteiger partial charge in [0, 0.05) is 17.5 Å². The first-order valence-corrected chi connectivity index (χ1v) is 5.70. The van der Waals surface area contributed by atoms with Gasteiger partial charge in [0.25, 0.3) is 0 Å². The number of ether oxygens (including phenoxy) is 1. The molecule has 2 rings (SSSR count). The molecule has 1 heterocycles. The highest BCUT2D eigenvalue weighted by atomic mass is 16.5. The van der Waals surface area contributed by atoms with Crippen molar-refractivity contribution >= 4 is 11.0 Å². The van der Waals surface area contributed by atoms with Gasteiger partial charge in [-0.15, -0.1) is 0 Å². The van der Waals surface area contributed by atoms with Crippen molar-refractivity contribution in [2.75, 3.05) is 6.61 Å². The van der Waals surface area contributed by atoms with Gasteiger partial charge in [-0.05, 0) is 24.6 Å². The van der Waals surface area contributed by atoms with Crippen LogP contribution in [0.2, 0.25) is 0 Å². The van der Waals surface area contributed by atoms with Crippen molar-refractivity contribution in [2.45, 2.75) is 13.0 Å². The minimum absolute atomic E-state index is 0.0362. The predicted octanol–water partition coefficient (Wildman–Crippen LogP) is 1.81. The summed E-state index contributed by atoms with van der Waals surface area (Å²) in [5.41, 5.74) is 0.392. The zero-order valence-corrected chi connectivity index (χ0v) is 10.4. The zero-order valence-electron chi connectivity index (χ0n) is 10.4. The second-order valence-electron chi connectivity index (χ2n) is 4.29. The van der Waals surface area contributed by atoms with E-state index in [0.717, 1.165) is 0 Å². The molecule has 0 amide bonds. The number of benzene rings is 1. The molecule has 19 heavy (non-hydrogen) atoms. The fourth-order valence-electron chi connectivity index (χ4n) is 1.51. The maximum atomic E-state index is 11.1. The number of phenolic OH excluding ortho intramolecular Hbond substituents is 1. The van der Waals surface area contributed by atoms with Crippen LogP contribution >= 0.6 is 0 Å². The number of hydrogen-bond acceptors (Lipinski definition) is 5. The summed E-state index contributed by atoms with van der Waals surface area (Å²) in [7, 11) is 0. The number of hydrogen-bond donors (Lipinski definition) is 2. The van der Waals surface area contributed by atoms with Gasteiger partial charge in [0.1, 0.15) is 18.3 Å². The largest absolute Gasteiger partial charge is 0.504 e. The highest BCUT2D eigenvalue weighted by Gasteiger charge is 2.10. The first kappa shape index (κ1) is 13.2. The van der Waals surface area contributed by atoms with Crippen LogP contribution in [0, 0.1) is 0 Å². The number of aliphatic hydroxyl groups is 1. The van der Waals surface area contributed by atoms with E-state index in [-0.39, 0.29) is 18.1 Å². The Bertz CT molecular complexity index is 671. The third-order valence-electron chi connectivity index (χ3n) is 2.67. The fraction of sp³-hybridized carbons (Fsp3) is 0.214. The molecule has 0 saturated carbocycles. The summed E-state index contributed by atoms with van der Waals surface area (Å²) in [6, 6.07) is 5.67. The van der Waals surface area contributed by atoms with Crippen LogP contribution in [0.1, 0.15) is 6.92 Å². The van der Waals surface area contributed by atoms with E-state index in [9.17, 15) is 15.0 Å². The van der Waals surface area contributed by atoms with E-state index in [1.807, 2.05) is 0 Å². The summed E-state index contributed by atoms with van der Waals surface area (Å²) >= 11 is 0. The lowest BCUT2D eigenvalue weighted by atomic mass is 10.2. The van der Waals surface area contributed by atoms with Gasteiger partial charge in [-0.25, -0.2) is 4.79 Å². The maximum absolute atomic E-state index is 11.1. The molecule has 2 aromatic rings. The molecule has 1 aromatic heterocycles. The lowest BCUT2D eigenvalue weighted by Crippen LogP contribution is -2.18. The molecule has 1 aromatic carbocycles. The summed E-state index contributed by atoms with van der Waals surface area (Å²) in [4.78, 5) is 11.1. The van der Waals surface area contributed by atoms with Gasteiger partial charge in [-0.1, -0.05) is 6.58 Å². The lowest BCUT2D eigenvalue weighted by Gasteiger charge is -2.13.